The third-order valence-electron chi connectivity index (χ3n) is 11.9. The first-order chi connectivity index (χ1) is 34.7. The van der Waals surface area contributed by atoms with Gasteiger partial charge in [-0.3, -0.25) is 0 Å². The number of likely N-dealkylation sites (tertiary alicyclic amines) is 2. The molecule has 2 aliphatic heterocycles. The Kier molecular flexibility index (Phi) is 16.5. The smallest absolute Gasteiger partial charge is 0.410 e. The number of carbonyl (C=O) groups excluding carboxylic acids is 2. The number of carbonyl (C=O) groups is 2. The van der Waals surface area contributed by atoms with Crippen molar-refractivity contribution in [2.75, 3.05) is 32.4 Å². The predicted octanol–water partition coefficient (Wildman–Crippen LogP) is 11.6. The van der Waals surface area contributed by atoms with Gasteiger partial charge in [0, 0.05) is 75.2 Å². The number of sulfone groups is 1. The summed E-state index contributed by atoms with van der Waals surface area (Å²) in [7, 11) is -3.58. The van der Waals surface area contributed by atoms with Crippen LogP contribution >= 0.6 is 45.2 Å². The van der Waals surface area contributed by atoms with Crippen molar-refractivity contribution in [3.05, 3.63) is 123 Å². The van der Waals surface area contributed by atoms with E-state index in [-0.39, 0.29) is 35.4 Å². The summed E-state index contributed by atoms with van der Waals surface area (Å²) in [5.41, 5.74) is 5.27. The van der Waals surface area contributed by atoms with Crippen LogP contribution in [-0.2, 0) is 19.3 Å². The monoisotopic (exact) mass is 1230 g/mol. The number of nitrogens with zero attached hydrogens (tertiary/aromatic N) is 10. The second-order valence-corrected chi connectivity index (χ2v) is 24.1. The molecule has 0 bridgehead atoms. The molecule has 0 saturated carbocycles. The van der Waals surface area contributed by atoms with E-state index >= 15 is 0 Å². The third-order valence-corrected chi connectivity index (χ3v) is 14.2. The molecule has 0 unspecified atom stereocenters. The van der Waals surface area contributed by atoms with Gasteiger partial charge in [-0.25, -0.2) is 42.9 Å². The number of hydrogen-bond donors (Lipinski definition) is 0. The minimum absolute atomic E-state index is 0.0606. The number of halogens is 2. The Balaban J connectivity index is 0.000000196. The van der Waals surface area contributed by atoms with Gasteiger partial charge in [0.15, 0.2) is 0 Å². The normalized spacial score (nSPS) is 14.8. The molecule has 3 aromatic carbocycles. The van der Waals surface area contributed by atoms with Crippen molar-refractivity contribution in [2.45, 2.75) is 95.7 Å². The van der Waals surface area contributed by atoms with Crippen LogP contribution in [0.2, 0.25) is 0 Å². The van der Waals surface area contributed by atoms with Crippen molar-refractivity contribution in [3.63, 3.8) is 0 Å². The molecule has 2 amide bonds. The van der Waals surface area contributed by atoms with Crippen LogP contribution in [-0.4, -0.2) is 113 Å². The molecule has 0 N–H and O–H groups in total. The summed E-state index contributed by atoms with van der Waals surface area (Å²) in [5.74, 6) is 0.672. The van der Waals surface area contributed by atoms with E-state index in [4.69, 9.17) is 29.2 Å². The molecule has 17 nitrogen and oxygen atoms in total. The van der Waals surface area contributed by atoms with Crippen molar-refractivity contribution >= 4 is 67.2 Å². The van der Waals surface area contributed by atoms with Crippen molar-refractivity contribution in [1.82, 2.24) is 48.8 Å². The Labute approximate surface area is 453 Å². The molecule has 73 heavy (non-hydrogen) atoms. The van der Waals surface area contributed by atoms with Crippen LogP contribution in [0.1, 0.15) is 79.3 Å². The molecule has 4 aromatic heterocycles. The summed E-state index contributed by atoms with van der Waals surface area (Å²) >= 11 is 4.55. The quantitative estimate of drug-likeness (QED) is 0.0981. The Hall–Kier alpha value is -6.01. The number of ether oxygens (including phenoxy) is 3. The minimum Gasteiger partial charge on any atom is -0.444 e. The van der Waals surface area contributed by atoms with Gasteiger partial charge in [-0.1, -0.05) is 42.5 Å². The maximum atomic E-state index is 12.6. The van der Waals surface area contributed by atoms with Gasteiger partial charge in [0.25, 0.3) is 0 Å². The molecular weight excluding hydrogens is 1170 g/mol. The summed E-state index contributed by atoms with van der Waals surface area (Å²) in [6, 6.07) is 29.8. The standard InChI is InChI=1S/C29H30IN5O3.C24H28IN5O4S/c1-29(2,3)38-28(36)34-17-14-22(15-18-34)35-19-32-25(20-9-11-21(30)12-10-20)26(35)24-13-16-31-27(33-24)37-23-7-5-4-6-8-23;1-24(2,3)34-23(31)29-13-10-18(11-14-29)30-15-27-20(16-5-7-17(25)8-6-16)21(30)19-9-12-26-22(28-19)35(4,32)33/h4-13,16,19,22H,14-15,17-18H2,1-3H3;5-9,12,15,18H,10-11,13-14H2,1-4H3. The molecule has 0 spiro atoms. The highest BCUT2D eigenvalue weighted by Crippen LogP contribution is 2.38. The van der Waals surface area contributed by atoms with E-state index in [1.165, 1.54) is 6.20 Å². The third kappa shape index (κ3) is 13.8. The zero-order valence-corrected chi connectivity index (χ0v) is 46.9. The molecule has 2 saturated heterocycles. The zero-order chi connectivity index (χ0) is 52.1. The number of piperidine rings is 2. The number of para-hydroxylation sites is 1. The molecule has 6 heterocycles. The molecule has 0 radical (unpaired) electrons. The molecular formula is C53H58I2N10O7S. The van der Waals surface area contributed by atoms with Gasteiger partial charge >= 0.3 is 18.2 Å². The number of aromatic nitrogens is 8. The summed E-state index contributed by atoms with van der Waals surface area (Å²) in [4.78, 5) is 55.6. The van der Waals surface area contributed by atoms with Gasteiger partial charge < -0.3 is 33.1 Å². The maximum Gasteiger partial charge on any atom is 0.410 e. The second-order valence-electron chi connectivity index (χ2n) is 19.7. The van der Waals surface area contributed by atoms with Crippen LogP contribution in [0, 0.1) is 7.14 Å². The highest BCUT2D eigenvalue weighted by molar-refractivity contribution is 14.1. The van der Waals surface area contributed by atoms with Crippen LogP contribution in [0.25, 0.3) is 45.3 Å². The summed E-state index contributed by atoms with van der Waals surface area (Å²) in [6.45, 7) is 13.6. The molecule has 0 aliphatic carbocycles. The van der Waals surface area contributed by atoms with Crippen molar-refractivity contribution < 1.29 is 32.2 Å². The first kappa shape index (κ1) is 53.3. The van der Waals surface area contributed by atoms with Crippen LogP contribution in [0.15, 0.2) is 121 Å². The van der Waals surface area contributed by atoms with E-state index in [1.54, 1.807) is 28.4 Å². The molecule has 382 valence electrons. The summed E-state index contributed by atoms with van der Waals surface area (Å²) < 4.78 is 47.8. The topological polar surface area (TPSA) is 190 Å². The number of imidazole rings is 2. The van der Waals surface area contributed by atoms with Gasteiger partial charge in [0.05, 0.1) is 46.8 Å². The first-order valence-corrected chi connectivity index (χ1v) is 27.9. The predicted molar refractivity (Wildman–Crippen MR) is 295 cm³/mol. The molecule has 20 heteroatoms. The second kappa shape index (κ2) is 22.6. The van der Waals surface area contributed by atoms with Crippen molar-refractivity contribution in [1.29, 1.82) is 0 Å². The lowest BCUT2D eigenvalue weighted by Gasteiger charge is -2.34. The lowest BCUT2D eigenvalue weighted by Crippen LogP contribution is -2.42. The van der Waals surface area contributed by atoms with E-state index in [9.17, 15) is 18.0 Å². The Bertz CT molecular complexity index is 3140. The Morgan fingerprint density at radius 2 is 1.00 bits per heavy atom. The minimum atomic E-state index is -3.58. The van der Waals surface area contributed by atoms with Crippen LogP contribution in [0.4, 0.5) is 9.59 Å². The highest BCUT2D eigenvalue weighted by Gasteiger charge is 2.32. The lowest BCUT2D eigenvalue weighted by molar-refractivity contribution is 0.0178. The zero-order valence-electron chi connectivity index (χ0n) is 41.8. The molecule has 2 aliphatic rings. The van der Waals surface area contributed by atoms with E-state index in [2.05, 4.69) is 89.0 Å². The van der Waals surface area contributed by atoms with E-state index in [1.807, 2.05) is 113 Å². The largest absolute Gasteiger partial charge is 0.444 e. The number of hydrogen-bond acceptors (Lipinski definition) is 13. The molecule has 0 atom stereocenters. The highest BCUT2D eigenvalue weighted by atomic mass is 127. The average Bonchev–Trinajstić information content (AvgIpc) is 4.00. The number of benzene rings is 3. The van der Waals surface area contributed by atoms with E-state index in [0.717, 1.165) is 60.1 Å². The molecule has 7 aromatic rings. The Morgan fingerprint density at radius 1 is 0.575 bits per heavy atom. The van der Waals surface area contributed by atoms with Gasteiger partial charge in [-0.05, 0) is 161 Å². The lowest BCUT2D eigenvalue weighted by atomic mass is 10.0. The van der Waals surface area contributed by atoms with E-state index in [0.29, 0.717) is 56.2 Å². The average molecular weight is 1230 g/mol. The van der Waals surface area contributed by atoms with Gasteiger partial charge in [0.1, 0.15) is 17.0 Å². The van der Waals surface area contributed by atoms with Crippen molar-refractivity contribution in [2.24, 2.45) is 0 Å². The number of rotatable bonds is 9. The fraction of sp³-hybridized carbons (Fsp3) is 0.358. The molecule has 9 rings (SSSR count). The fourth-order valence-corrected chi connectivity index (χ4v) is 9.73. The van der Waals surface area contributed by atoms with Crippen molar-refractivity contribution in [3.8, 4) is 57.1 Å². The number of amides is 2. The summed E-state index contributed by atoms with van der Waals surface area (Å²) in [5, 5.41) is -0.226. The van der Waals surface area contributed by atoms with Gasteiger partial charge in [0.2, 0.25) is 15.0 Å². The SMILES string of the molecule is CC(C)(C)OC(=O)N1CCC(n2cnc(-c3ccc(I)cc3)c2-c2ccnc(Oc3ccccc3)n2)CC1.CC(C)(C)OC(=O)N1CCC(n2cnc(-c3ccc(I)cc3)c2-c2ccnc(S(C)(=O)=O)n2)CC1. The van der Waals surface area contributed by atoms with E-state index < -0.39 is 21.0 Å². The van der Waals surface area contributed by atoms with Crippen LogP contribution < -0.4 is 4.74 Å². The fourth-order valence-electron chi connectivity index (χ4n) is 8.49. The maximum absolute atomic E-state index is 12.6. The van der Waals surface area contributed by atoms with Crippen LogP contribution in [0.3, 0.4) is 0 Å². The van der Waals surface area contributed by atoms with Crippen LogP contribution in [0.5, 0.6) is 11.8 Å². The molecule has 2 fully saturated rings. The van der Waals surface area contributed by atoms with Gasteiger partial charge in [-0.15, -0.1) is 0 Å². The Morgan fingerprint density at radius 3 is 1.42 bits per heavy atom. The van der Waals surface area contributed by atoms with Gasteiger partial charge in [-0.2, -0.15) is 4.98 Å². The first-order valence-electron chi connectivity index (χ1n) is 23.9. The summed E-state index contributed by atoms with van der Waals surface area (Å²) in [6.07, 6.45) is 10.3.